The number of rotatable bonds is 3. The van der Waals surface area contributed by atoms with E-state index in [9.17, 15) is 10.1 Å². The van der Waals surface area contributed by atoms with E-state index in [0.717, 1.165) is 5.52 Å². The fourth-order valence-electron chi connectivity index (χ4n) is 1.45. The number of imidazole rings is 1. The third-order valence-corrected chi connectivity index (χ3v) is 2.16. The monoisotopic (exact) mass is 207 g/mol. The van der Waals surface area contributed by atoms with E-state index in [0.29, 0.717) is 12.1 Å². The fraction of sp³-hybridized carbons (Fsp3) is 0.222. The van der Waals surface area contributed by atoms with Crippen LogP contribution >= 0.6 is 0 Å². The van der Waals surface area contributed by atoms with Crippen molar-refractivity contribution >= 4 is 16.7 Å². The number of nitro benzene ring substituents is 1. The van der Waals surface area contributed by atoms with Gasteiger partial charge in [-0.25, -0.2) is 4.98 Å². The molecule has 0 fully saturated rings. The molecular formula is C9H9N3O3. The first-order chi connectivity index (χ1) is 7.22. The average Bonchev–Trinajstić information content (AvgIpc) is 2.61. The molecule has 0 aliphatic heterocycles. The van der Waals surface area contributed by atoms with Gasteiger partial charge in [0.05, 0.1) is 28.9 Å². The standard InChI is InChI=1S/C9H9N3O3/c13-4-3-11-6-10-8-5-7(12(14)15)1-2-9(8)11/h1-2,5-6,13H,3-4H2. The van der Waals surface area contributed by atoms with Crippen molar-refractivity contribution in [1.29, 1.82) is 0 Å². The molecule has 2 aromatic rings. The van der Waals surface area contributed by atoms with E-state index in [-0.39, 0.29) is 12.3 Å². The molecule has 6 heteroatoms. The van der Waals surface area contributed by atoms with Crippen LogP contribution < -0.4 is 0 Å². The number of nitro groups is 1. The second-order valence-corrected chi connectivity index (χ2v) is 3.09. The lowest BCUT2D eigenvalue weighted by molar-refractivity contribution is -0.384. The molecule has 15 heavy (non-hydrogen) atoms. The summed E-state index contributed by atoms with van der Waals surface area (Å²) in [5.74, 6) is 0. The van der Waals surface area contributed by atoms with Crippen LogP contribution in [0.25, 0.3) is 11.0 Å². The first-order valence-electron chi connectivity index (χ1n) is 4.42. The Morgan fingerprint density at radius 3 is 3.00 bits per heavy atom. The Labute approximate surface area is 84.9 Å². The molecule has 0 bridgehead atoms. The van der Waals surface area contributed by atoms with E-state index in [1.807, 2.05) is 0 Å². The maximum atomic E-state index is 10.5. The van der Waals surface area contributed by atoms with Gasteiger partial charge in [-0.3, -0.25) is 10.1 Å². The molecule has 0 aliphatic carbocycles. The number of aliphatic hydroxyl groups is 1. The van der Waals surface area contributed by atoms with Crippen LogP contribution in [0.4, 0.5) is 5.69 Å². The summed E-state index contributed by atoms with van der Waals surface area (Å²) >= 11 is 0. The smallest absolute Gasteiger partial charge is 0.271 e. The van der Waals surface area contributed by atoms with Gasteiger partial charge in [-0.2, -0.15) is 0 Å². The molecule has 1 N–H and O–H groups in total. The summed E-state index contributed by atoms with van der Waals surface area (Å²) in [7, 11) is 0. The summed E-state index contributed by atoms with van der Waals surface area (Å²) in [6.07, 6.45) is 1.56. The summed E-state index contributed by atoms with van der Waals surface area (Å²) in [6.45, 7) is 0.455. The third kappa shape index (κ3) is 1.66. The van der Waals surface area contributed by atoms with Gasteiger partial charge >= 0.3 is 0 Å². The van der Waals surface area contributed by atoms with Crippen LogP contribution in [0.1, 0.15) is 0 Å². The number of hydrogen-bond acceptors (Lipinski definition) is 4. The second kappa shape index (κ2) is 3.66. The molecule has 0 atom stereocenters. The van der Waals surface area contributed by atoms with Gasteiger partial charge in [-0.1, -0.05) is 0 Å². The molecule has 1 aromatic heterocycles. The summed E-state index contributed by atoms with van der Waals surface area (Å²) in [5.41, 5.74) is 1.38. The van der Waals surface area contributed by atoms with Gasteiger partial charge in [0.25, 0.3) is 5.69 Å². The van der Waals surface area contributed by atoms with Crippen molar-refractivity contribution < 1.29 is 10.0 Å². The highest BCUT2D eigenvalue weighted by Crippen LogP contribution is 2.19. The number of nitrogens with zero attached hydrogens (tertiary/aromatic N) is 3. The van der Waals surface area contributed by atoms with Crippen molar-refractivity contribution in [3.63, 3.8) is 0 Å². The van der Waals surface area contributed by atoms with Crippen LogP contribution in [0.5, 0.6) is 0 Å². The van der Waals surface area contributed by atoms with E-state index >= 15 is 0 Å². The molecule has 0 saturated heterocycles. The summed E-state index contributed by atoms with van der Waals surface area (Å²) < 4.78 is 1.75. The summed E-state index contributed by atoms with van der Waals surface area (Å²) in [4.78, 5) is 14.1. The lowest BCUT2D eigenvalue weighted by atomic mass is 10.3. The van der Waals surface area contributed by atoms with Gasteiger partial charge in [-0.05, 0) is 6.07 Å². The number of aromatic nitrogens is 2. The van der Waals surface area contributed by atoms with Crippen LogP contribution in [0, 0.1) is 10.1 Å². The fourth-order valence-corrected chi connectivity index (χ4v) is 1.45. The zero-order valence-corrected chi connectivity index (χ0v) is 7.83. The number of non-ortho nitro benzene ring substituents is 1. The van der Waals surface area contributed by atoms with Crippen LogP contribution in [-0.2, 0) is 6.54 Å². The third-order valence-electron chi connectivity index (χ3n) is 2.16. The highest BCUT2D eigenvalue weighted by Gasteiger charge is 2.09. The SMILES string of the molecule is O=[N+]([O-])c1ccc2c(c1)ncn2CCO. The van der Waals surface area contributed by atoms with Crippen molar-refractivity contribution in [3.05, 3.63) is 34.6 Å². The van der Waals surface area contributed by atoms with E-state index in [4.69, 9.17) is 5.11 Å². The van der Waals surface area contributed by atoms with Gasteiger partial charge in [-0.15, -0.1) is 0 Å². The van der Waals surface area contributed by atoms with Crippen LogP contribution in [0.2, 0.25) is 0 Å². The van der Waals surface area contributed by atoms with Crippen molar-refractivity contribution in [3.8, 4) is 0 Å². The highest BCUT2D eigenvalue weighted by atomic mass is 16.6. The summed E-state index contributed by atoms with van der Waals surface area (Å²) in [5, 5.41) is 19.3. The first kappa shape index (κ1) is 9.60. The minimum absolute atomic E-state index is 0.0163. The summed E-state index contributed by atoms with van der Waals surface area (Å²) in [6, 6.07) is 4.48. The van der Waals surface area contributed by atoms with Crippen molar-refractivity contribution in [2.45, 2.75) is 6.54 Å². The van der Waals surface area contributed by atoms with Gasteiger partial charge in [0, 0.05) is 18.7 Å². The normalized spacial score (nSPS) is 10.7. The van der Waals surface area contributed by atoms with Gasteiger partial charge < -0.3 is 9.67 Å². The lowest BCUT2D eigenvalue weighted by Gasteiger charge is -1.99. The molecule has 78 valence electrons. The minimum Gasteiger partial charge on any atom is -0.395 e. The molecule has 0 spiro atoms. The Morgan fingerprint density at radius 1 is 1.53 bits per heavy atom. The minimum atomic E-state index is -0.454. The quantitative estimate of drug-likeness (QED) is 0.599. The highest BCUT2D eigenvalue weighted by molar-refractivity contribution is 5.77. The maximum Gasteiger partial charge on any atom is 0.271 e. The maximum absolute atomic E-state index is 10.5. The molecular weight excluding hydrogens is 198 g/mol. The van der Waals surface area contributed by atoms with E-state index in [1.165, 1.54) is 12.1 Å². The number of hydrogen-bond donors (Lipinski definition) is 1. The predicted molar refractivity (Wildman–Crippen MR) is 53.5 cm³/mol. The first-order valence-corrected chi connectivity index (χ1v) is 4.42. The molecule has 0 radical (unpaired) electrons. The molecule has 2 rings (SSSR count). The topological polar surface area (TPSA) is 81.2 Å². The molecule has 0 unspecified atom stereocenters. The van der Waals surface area contributed by atoms with Crippen LogP contribution in [-0.4, -0.2) is 26.2 Å². The Kier molecular flexibility index (Phi) is 2.34. The van der Waals surface area contributed by atoms with E-state index < -0.39 is 4.92 Å². The average molecular weight is 207 g/mol. The van der Waals surface area contributed by atoms with Crippen LogP contribution in [0.15, 0.2) is 24.5 Å². The van der Waals surface area contributed by atoms with E-state index in [2.05, 4.69) is 4.98 Å². The molecule has 0 saturated carbocycles. The Morgan fingerprint density at radius 2 is 2.33 bits per heavy atom. The number of benzene rings is 1. The van der Waals surface area contributed by atoms with Crippen molar-refractivity contribution in [2.75, 3.05) is 6.61 Å². The number of aliphatic hydroxyl groups excluding tert-OH is 1. The zero-order chi connectivity index (χ0) is 10.8. The largest absolute Gasteiger partial charge is 0.395 e. The Hall–Kier alpha value is -1.95. The van der Waals surface area contributed by atoms with Crippen molar-refractivity contribution in [2.24, 2.45) is 0 Å². The van der Waals surface area contributed by atoms with Gasteiger partial charge in [0.2, 0.25) is 0 Å². The second-order valence-electron chi connectivity index (χ2n) is 3.09. The lowest BCUT2D eigenvalue weighted by Crippen LogP contribution is -1.99. The van der Waals surface area contributed by atoms with Crippen LogP contribution in [0.3, 0.4) is 0 Å². The van der Waals surface area contributed by atoms with E-state index in [1.54, 1.807) is 17.0 Å². The molecule has 1 aromatic carbocycles. The zero-order valence-electron chi connectivity index (χ0n) is 7.83. The van der Waals surface area contributed by atoms with Gasteiger partial charge in [0.1, 0.15) is 0 Å². The Bertz CT molecular complexity index is 506. The van der Waals surface area contributed by atoms with Gasteiger partial charge in [0.15, 0.2) is 0 Å². The van der Waals surface area contributed by atoms with Crippen molar-refractivity contribution in [1.82, 2.24) is 9.55 Å². The molecule has 1 heterocycles. The Balaban J connectivity index is 2.51. The predicted octanol–water partition coefficient (Wildman–Crippen LogP) is 0.937. The molecule has 0 aliphatic rings. The molecule has 0 amide bonds. The number of fused-ring (bicyclic) bond motifs is 1. The molecule has 6 nitrogen and oxygen atoms in total.